The summed E-state index contributed by atoms with van der Waals surface area (Å²) < 4.78 is 23.5. The van der Waals surface area contributed by atoms with Crippen molar-refractivity contribution in [2.75, 3.05) is 40.0 Å². The minimum atomic E-state index is -0.947. The number of esters is 1. The smallest absolute Gasteiger partial charge is 0.310 e. The maximum absolute atomic E-state index is 12.9. The molecule has 0 unspecified atom stereocenters. The minimum Gasteiger partial charge on any atom is -0.462 e. The predicted octanol–water partition coefficient (Wildman–Crippen LogP) is 2.10. The molecule has 5 fully saturated rings. The summed E-state index contributed by atoms with van der Waals surface area (Å²) in [4.78, 5) is 15.2. The van der Waals surface area contributed by atoms with Crippen LogP contribution in [0.5, 0.6) is 0 Å². The average molecular weight is 424 g/mol. The SMILES string of the molecule is CO[C@@]1(C)CCC[C@@]2(C)C[C@H]3OC(=O)[C@@H](CN4CCC5(CC4)OCCO5)[C@@H]3C[C@@]21O. The molecule has 1 spiro atoms. The van der Waals surface area contributed by atoms with Crippen LogP contribution in [0.25, 0.3) is 0 Å². The fourth-order valence-corrected chi connectivity index (χ4v) is 7.23. The monoisotopic (exact) mass is 423 g/mol. The van der Waals surface area contributed by atoms with Crippen LogP contribution in [-0.2, 0) is 23.7 Å². The van der Waals surface area contributed by atoms with Crippen molar-refractivity contribution in [2.45, 2.75) is 81.9 Å². The van der Waals surface area contributed by atoms with Crippen molar-refractivity contribution in [3.05, 3.63) is 0 Å². The molecule has 3 aliphatic heterocycles. The predicted molar refractivity (Wildman–Crippen MR) is 109 cm³/mol. The lowest BCUT2D eigenvalue weighted by Crippen LogP contribution is -2.69. The molecule has 7 nitrogen and oxygen atoms in total. The Morgan fingerprint density at radius 1 is 1.10 bits per heavy atom. The number of carbonyl (C=O) groups excluding carboxylic acids is 1. The van der Waals surface area contributed by atoms with Crippen LogP contribution in [-0.4, -0.2) is 79.0 Å². The first-order valence-electron chi connectivity index (χ1n) is 11.7. The van der Waals surface area contributed by atoms with Crippen LogP contribution in [0.1, 0.15) is 58.8 Å². The van der Waals surface area contributed by atoms with Gasteiger partial charge in [-0.15, -0.1) is 0 Å². The van der Waals surface area contributed by atoms with Gasteiger partial charge in [-0.05, 0) is 39.0 Å². The number of likely N-dealkylation sites (tertiary alicyclic amines) is 1. The second-order valence-corrected chi connectivity index (χ2v) is 10.8. The van der Waals surface area contributed by atoms with Crippen LogP contribution in [0, 0.1) is 17.3 Å². The number of hydrogen-bond acceptors (Lipinski definition) is 7. The van der Waals surface area contributed by atoms with E-state index >= 15 is 0 Å². The summed E-state index contributed by atoms with van der Waals surface area (Å²) in [6.45, 7) is 7.96. The van der Waals surface area contributed by atoms with Gasteiger partial charge in [0.2, 0.25) is 0 Å². The largest absolute Gasteiger partial charge is 0.462 e. The zero-order valence-corrected chi connectivity index (χ0v) is 18.7. The molecule has 3 heterocycles. The maximum atomic E-state index is 12.9. The van der Waals surface area contributed by atoms with Crippen LogP contribution in [0.3, 0.4) is 0 Å². The number of fused-ring (bicyclic) bond motifs is 2. The summed E-state index contributed by atoms with van der Waals surface area (Å²) in [5.74, 6) is -0.646. The lowest BCUT2D eigenvalue weighted by Gasteiger charge is -2.62. The molecule has 5 aliphatic rings. The van der Waals surface area contributed by atoms with Gasteiger partial charge in [-0.25, -0.2) is 0 Å². The van der Waals surface area contributed by atoms with Gasteiger partial charge < -0.3 is 29.0 Å². The molecule has 0 amide bonds. The van der Waals surface area contributed by atoms with E-state index in [1.165, 1.54) is 0 Å². The quantitative estimate of drug-likeness (QED) is 0.697. The topological polar surface area (TPSA) is 77.5 Å². The molecule has 7 heteroatoms. The number of hydrogen-bond donors (Lipinski definition) is 1. The first-order valence-corrected chi connectivity index (χ1v) is 11.7. The Labute approximate surface area is 179 Å². The molecule has 2 saturated carbocycles. The molecular weight excluding hydrogens is 386 g/mol. The van der Waals surface area contributed by atoms with Crippen molar-refractivity contribution in [1.29, 1.82) is 0 Å². The Balaban J connectivity index is 1.32. The van der Waals surface area contributed by atoms with Crippen LogP contribution in [0.4, 0.5) is 0 Å². The molecule has 0 bridgehead atoms. The Morgan fingerprint density at radius 3 is 2.47 bits per heavy atom. The van der Waals surface area contributed by atoms with Gasteiger partial charge in [-0.1, -0.05) is 6.92 Å². The number of methoxy groups -OCH3 is 1. The number of carbonyl (C=O) groups is 1. The third kappa shape index (κ3) is 2.99. The summed E-state index contributed by atoms with van der Waals surface area (Å²) >= 11 is 0. The van der Waals surface area contributed by atoms with E-state index in [9.17, 15) is 9.90 Å². The Kier molecular flexibility index (Phi) is 5.03. The molecular formula is C23H37NO6. The van der Waals surface area contributed by atoms with E-state index in [0.29, 0.717) is 26.2 Å². The van der Waals surface area contributed by atoms with Crippen molar-refractivity contribution >= 4 is 5.97 Å². The van der Waals surface area contributed by atoms with E-state index in [-0.39, 0.29) is 29.3 Å². The standard InChI is InChI=1S/C23H37NO6/c1-20-5-4-6-21(2,27-3)23(20,26)13-16-17(19(25)30-18(16)14-20)15-24-9-7-22(8-10-24)28-11-12-29-22/h16-18,26H,4-15H2,1-3H3/t16-,17-,18+,20-,21-,23+/m0/s1. The highest BCUT2D eigenvalue weighted by Crippen LogP contribution is 2.61. The van der Waals surface area contributed by atoms with Crippen molar-refractivity contribution < 1.29 is 28.8 Å². The van der Waals surface area contributed by atoms with E-state index in [2.05, 4.69) is 11.8 Å². The molecule has 170 valence electrons. The summed E-state index contributed by atoms with van der Waals surface area (Å²) in [7, 11) is 1.71. The maximum Gasteiger partial charge on any atom is 0.310 e. The summed E-state index contributed by atoms with van der Waals surface area (Å²) in [5.41, 5.74) is -1.82. The van der Waals surface area contributed by atoms with E-state index < -0.39 is 17.0 Å². The second-order valence-electron chi connectivity index (χ2n) is 10.8. The first-order chi connectivity index (χ1) is 14.2. The zero-order chi connectivity index (χ0) is 21.2. The van der Waals surface area contributed by atoms with Crippen LogP contribution >= 0.6 is 0 Å². The van der Waals surface area contributed by atoms with E-state index in [0.717, 1.165) is 51.6 Å². The Morgan fingerprint density at radius 2 is 1.80 bits per heavy atom. The van der Waals surface area contributed by atoms with E-state index in [1.54, 1.807) is 7.11 Å². The molecule has 3 saturated heterocycles. The molecule has 6 atom stereocenters. The summed E-state index contributed by atoms with van der Waals surface area (Å²) in [5, 5.41) is 12.0. The van der Waals surface area contributed by atoms with Crippen LogP contribution in [0.15, 0.2) is 0 Å². The number of rotatable bonds is 3. The van der Waals surface area contributed by atoms with Crippen LogP contribution < -0.4 is 0 Å². The van der Waals surface area contributed by atoms with E-state index in [4.69, 9.17) is 18.9 Å². The summed E-state index contributed by atoms with van der Waals surface area (Å²) in [6.07, 6.45) is 5.70. The molecule has 0 aromatic rings. The zero-order valence-electron chi connectivity index (χ0n) is 18.7. The van der Waals surface area contributed by atoms with Gasteiger partial charge >= 0.3 is 5.97 Å². The lowest BCUT2D eigenvalue weighted by molar-refractivity contribution is -0.270. The fraction of sp³-hybridized carbons (Fsp3) is 0.957. The highest BCUT2D eigenvalue weighted by atomic mass is 16.7. The first kappa shape index (κ1) is 21.1. The van der Waals surface area contributed by atoms with Crippen molar-refractivity contribution in [3.63, 3.8) is 0 Å². The van der Waals surface area contributed by atoms with Crippen molar-refractivity contribution in [2.24, 2.45) is 17.3 Å². The van der Waals surface area contributed by atoms with Crippen molar-refractivity contribution in [1.82, 2.24) is 4.90 Å². The number of piperidine rings is 1. The molecule has 5 rings (SSSR count). The Hall–Kier alpha value is -0.730. The lowest BCUT2D eigenvalue weighted by atomic mass is 9.49. The third-order valence-corrected chi connectivity index (χ3v) is 9.34. The molecule has 0 aromatic carbocycles. The van der Waals surface area contributed by atoms with Gasteiger partial charge in [0.05, 0.1) is 30.3 Å². The average Bonchev–Trinajstić information content (AvgIpc) is 3.28. The molecule has 0 aromatic heterocycles. The molecule has 2 aliphatic carbocycles. The minimum absolute atomic E-state index is 0.0398. The highest BCUT2D eigenvalue weighted by Gasteiger charge is 2.67. The summed E-state index contributed by atoms with van der Waals surface area (Å²) in [6, 6.07) is 0. The van der Waals surface area contributed by atoms with E-state index in [1.807, 2.05) is 6.92 Å². The fourth-order valence-electron chi connectivity index (χ4n) is 7.23. The molecule has 30 heavy (non-hydrogen) atoms. The van der Waals surface area contributed by atoms with Crippen LogP contribution in [0.2, 0.25) is 0 Å². The Bertz CT molecular complexity index is 685. The van der Waals surface area contributed by atoms with Gasteiger partial charge in [-0.3, -0.25) is 4.79 Å². The highest BCUT2D eigenvalue weighted by molar-refractivity contribution is 5.75. The van der Waals surface area contributed by atoms with Gasteiger partial charge in [0.15, 0.2) is 5.79 Å². The molecule has 1 N–H and O–H groups in total. The molecule has 0 radical (unpaired) electrons. The van der Waals surface area contributed by atoms with Gasteiger partial charge in [-0.2, -0.15) is 0 Å². The number of aliphatic hydroxyl groups is 1. The number of ether oxygens (including phenoxy) is 4. The number of nitrogens with zero attached hydrogens (tertiary/aromatic N) is 1. The van der Waals surface area contributed by atoms with Gasteiger partial charge in [0.25, 0.3) is 0 Å². The second kappa shape index (κ2) is 7.14. The van der Waals surface area contributed by atoms with Gasteiger partial charge in [0.1, 0.15) is 6.10 Å². The normalized spacial score (nSPS) is 48.4. The third-order valence-electron chi connectivity index (χ3n) is 9.34. The van der Waals surface area contributed by atoms with Gasteiger partial charge in [0, 0.05) is 50.9 Å². The van der Waals surface area contributed by atoms with Crippen molar-refractivity contribution in [3.8, 4) is 0 Å².